The first-order valence-corrected chi connectivity index (χ1v) is 10.4. The lowest BCUT2D eigenvalue weighted by molar-refractivity contribution is 0.171. The van der Waals surface area contributed by atoms with Crippen LogP contribution in [0.3, 0.4) is 0 Å². The minimum atomic E-state index is -3.71. The van der Waals surface area contributed by atoms with Gasteiger partial charge in [-0.1, -0.05) is 6.07 Å². The molecule has 2 aromatic carbocycles. The third-order valence-corrected chi connectivity index (χ3v) is 6.12. The molecule has 2 aliphatic heterocycles. The number of nitrogens with zero attached hydrogens (tertiary/aromatic N) is 1. The van der Waals surface area contributed by atoms with Gasteiger partial charge in [0.25, 0.3) is 0 Å². The summed E-state index contributed by atoms with van der Waals surface area (Å²) in [6, 6.07) is 10.1. The molecule has 28 heavy (non-hydrogen) atoms. The molecule has 0 saturated carbocycles. The topological polar surface area (TPSA) is 86.3 Å². The van der Waals surface area contributed by atoms with Crippen LogP contribution < -0.4 is 23.7 Å². The molecule has 0 bridgehead atoms. The van der Waals surface area contributed by atoms with Crippen LogP contribution in [0.1, 0.15) is 11.6 Å². The van der Waals surface area contributed by atoms with Gasteiger partial charge in [-0.05, 0) is 43.9 Å². The van der Waals surface area contributed by atoms with Gasteiger partial charge < -0.3 is 23.8 Å². The van der Waals surface area contributed by atoms with Crippen molar-refractivity contribution in [2.45, 2.75) is 10.9 Å². The van der Waals surface area contributed by atoms with Gasteiger partial charge in [0.1, 0.15) is 13.2 Å². The number of likely N-dealkylation sites (N-methyl/N-ethyl adjacent to an activating group) is 1. The molecular weight excluding hydrogens is 384 g/mol. The van der Waals surface area contributed by atoms with Crippen molar-refractivity contribution in [3.63, 3.8) is 0 Å². The zero-order valence-electron chi connectivity index (χ0n) is 15.7. The summed E-state index contributed by atoms with van der Waals surface area (Å²) >= 11 is 0. The van der Waals surface area contributed by atoms with Crippen LogP contribution >= 0.6 is 0 Å². The fourth-order valence-corrected chi connectivity index (χ4v) is 4.24. The molecule has 2 aliphatic rings. The monoisotopic (exact) mass is 406 g/mol. The van der Waals surface area contributed by atoms with Crippen LogP contribution in [-0.4, -0.2) is 54.0 Å². The summed E-state index contributed by atoms with van der Waals surface area (Å²) in [4.78, 5) is 2.09. The number of ether oxygens (including phenoxy) is 4. The Hall–Kier alpha value is -2.49. The first-order valence-electron chi connectivity index (χ1n) is 8.89. The van der Waals surface area contributed by atoms with E-state index in [4.69, 9.17) is 18.9 Å². The van der Waals surface area contributed by atoms with Crippen LogP contribution in [0, 0.1) is 0 Å². The molecule has 0 spiro atoms. The second-order valence-corrected chi connectivity index (χ2v) is 8.52. The Morgan fingerprint density at radius 3 is 2.36 bits per heavy atom. The minimum Gasteiger partial charge on any atom is -0.486 e. The third kappa shape index (κ3) is 3.73. The van der Waals surface area contributed by atoms with E-state index in [1.807, 2.05) is 37.2 Å². The second kappa shape index (κ2) is 7.50. The largest absolute Gasteiger partial charge is 0.486 e. The fraction of sp³-hybridized carbons (Fsp3) is 0.368. The van der Waals surface area contributed by atoms with Gasteiger partial charge in [0.2, 0.25) is 16.8 Å². The summed E-state index contributed by atoms with van der Waals surface area (Å²) in [6.07, 6.45) is 0. The zero-order valence-corrected chi connectivity index (χ0v) is 16.5. The molecule has 8 nitrogen and oxygen atoms in total. The Bertz CT molecular complexity index is 976. The highest BCUT2D eigenvalue weighted by atomic mass is 32.2. The molecule has 0 unspecified atom stereocenters. The molecule has 150 valence electrons. The van der Waals surface area contributed by atoms with Crippen molar-refractivity contribution in [1.29, 1.82) is 0 Å². The van der Waals surface area contributed by atoms with Gasteiger partial charge in [-0.25, -0.2) is 13.1 Å². The summed E-state index contributed by atoms with van der Waals surface area (Å²) in [5.74, 6) is 2.35. The van der Waals surface area contributed by atoms with Gasteiger partial charge in [0.05, 0.1) is 4.90 Å². The molecule has 0 aromatic heterocycles. The van der Waals surface area contributed by atoms with E-state index in [1.54, 1.807) is 6.07 Å². The predicted molar refractivity (Wildman–Crippen MR) is 102 cm³/mol. The van der Waals surface area contributed by atoms with Crippen molar-refractivity contribution in [3.8, 4) is 23.0 Å². The molecular formula is C19H22N2O6S. The van der Waals surface area contributed by atoms with Crippen molar-refractivity contribution in [1.82, 2.24) is 9.62 Å². The molecule has 9 heteroatoms. The van der Waals surface area contributed by atoms with Crippen LogP contribution in [-0.2, 0) is 10.0 Å². The molecule has 0 saturated heterocycles. The summed E-state index contributed by atoms with van der Waals surface area (Å²) in [6.45, 7) is 1.25. The molecule has 2 aromatic rings. The summed E-state index contributed by atoms with van der Waals surface area (Å²) in [5.41, 5.74) is 0.930. The van der Waals surface area contributed by atoms with Crippen molar-refractivity contribution < 1.29 is 27.4 Å². The molecule has 0 fully saturated rings. The van der Waals surface area contributed by atoms with Crippen molar-refractivity contribution in [3.05, 3.63) is 42.0 Å². The van der Waals surface area contributed by atoms with E-state index in [0.717, 1.165) is 5.56 Å². The summed E-state index contributed by atoms with van der Waals surface area (Å²) < 4.78 is 50.0. The number of hydrogen-bond acceptors (Lipinski definition) is 7. The van der Waals surface area contributed by atoms with E-state index < -0.39 is 10.0 Å². The van der Waals surface area contributed by atoms with Crippen LogP contribution in [0.5, 0.6) is 23.0 Å². The number of rotatable bonds is 6. The number of sulfonamides is 1. The maximum absolute atomic E-state index is 12.8. The maximum Gasteiger partial charge on any atom is 0.240 e. The average molecular weight is 406 g/mol. The number of benzene rings is 2. The van der Waals surface area contributed by atoms with Gasteiger partial charge in [0, 0.05) is 18.7 Å². The Labute approximate surface area is 164 Å². The highest BCUT2D eigenvalue weighted by Crippen LogP contribution is 2.35. The number of fused-ring (bicyclic) bond motifs is 2. The maximum atomic E-state index is 12.8. The van der Waals surface area contributed by atoms with Crippen LogP contribution in [0.25, 0.3) is 0 Å². The third-order valence-electron chi connectivity index (χ3n) is 4.70. The number of nitrogens with one attached hydrogen (secondary N) is 1. The van der Waals surface area contributed by atoms with Crippen LogP contribution in [0.4, 0.5) is 0 Å². The van der Waals surface area contributed by atoms with Gasteiger partial charge in [-0.2, -0.15) is 0 Å². The molecule has 1 atom stereocenters. The molecule has 0 amide bonds. The standard InChI is InChI=1S/C19H22N2O6S/c1-21(2)15(13-3-5-17-18(9-13)27-12-26-17)11-20-28(22,23)14-4-6-16-19(10-14)25-8-7-24-16/h3-6,9-10,15,20H,7-8,11-12H2,1-2H3/t15-/m1/s1. The highest BCUT2D eigenvalue weighted by Gasteiger charge is 2.24. The summed E-state index contributed by atoms with van der Waals surface area (Å²) in [7, 11) is 0.0829. The van der Waals surface area contributed by atoms with Gasteiger partial charge in [0.15, 0.2) is 23.0 Å². The minimum absolute atomic E-state index is 0.139. The molecule has 0 aliphatic carbocycles. The Kier molecular flexibility index (Phi) is 5.05. The van der Waals surface area contributed by atoms with E-state index in [9.17, 15) is 8.42 Å². The van der Waals surface area contributed by atoms with E-state index in [0.29, 0.717) is 36.2 Å². The van der Waals surface area contributed by atoms with E-state index in [1.165, 1.54) is 12.1 Å². The smallest absolute Gasteiger partial charge is 0.240 e. The molecule has 2 heterocycles. The van der Waals surface area contributed by atoms with Crippen LogP contribution in [0.2, 0.25) is 0 Å². The lowest BCUT2D eigenvalue weighted by Gasteiger charge is -2.25. The van der Waals surface area contributed by atoms with E-state index in [-0.39, 0.29) is 24.3 Å². The number of hydrogen-bond donors (Lipinski definition) is 1. The van der Waals surface area contributed by atoms with Gasteiger partial charge in [-0.3, -0.25) is 0 Å². The first-order chi connectivity index (χ1) is 13.4. The lowest BCUT2D eigenvalue weighted by Crippen LogP contribution is -2.34. The van der Waals surface area contributed by atoms with E-state index in [2.05, 4.69) is 4.72 Å². The SMILES string of the molecule is CN(C)[C@H](CNS(=O)(=O)c1ccc2c(c1)OCCO2)c1ccc2c(c1)OCO2. The Balaban J connectivity index is 1.52. The Morgan fingerprint density at radius 2 is 1.57 bits per heavy atom. The van der Waals surface area contributed by atoms with Gasteiger partial charge >= 0.3 is 0 Å². The molecule has 0 radical (unpaired) electrons. The molecule has 4 rings (SSSR count). The first kappa shape index (κ1) is 18.9. The quantitative estimate of drug-likeness (QED) is 0.782. The predicted octanol–water partition coefficient (Wildman–Crippen LogP) is 1.77. The Morgan fingerprint density at radius 1 is 0.929 bits per heavy atom. The summed E-state index contributed by atoms with van der Waals surface area (Å²) in [5, 5.41) is 0. The van der Waals surface area contributed by atoms with Crippen LogP contribution in [0.15, 0.2) is 41.3 Å². The van der Waals surface area contributed by atoms with Gasteiger partial charge in [-0.15, -0.1) is 0 Å². The fourth-order valence-electron chi connectivity index (χ4n) is 3.18. The average Bonchev–Trinajstić information content (AvgIpc) is 3.15. The second-order valence-electron chi connectivity index (χ2n) is 6.75. The van der Waals surface area contributed by atoms with Crippen molar-refractivity contribution in [2.24, 2.45) is 0 Å². The highest BCUT2D eigenvalue weighted by molar-refractivity contribution is 7.89. The molecule has 1 N–H and O–H groups in total. The lowest BCUT2D eigenvalue weighted by atomic mass is 10.1. The van der Waals surface area contributed by atoms with Crippen molar-refractivity contribution >= 4 is 10.0 Å². The zero-order chi connectivity index (χ0) is 19.7. The van der Waals surface area contributed by atoms with E-state index >= 15 is 0 Å². The van der Waals surface area contributed by atoms with Crippen molar-refractivity contribution in [2.75, 3.05) is 40.6 Å². The normalized spacial score (nSPS) is 16.2.